The first-order chi connectivity index (χ1) is 17.0. The molecule has 2 saturated heterocycles. The van der Waals surface area contributed by atoms with Gasteiger partial charge >= 0.3 is 0 Å². The molecule has 2 fully saturated rings. The van der Waals surface area contributed by atoms with Crippen molar-refractivity contribution in [3.05, 3.63) is 59.4 Å². The number of hydrogen-bond acceptors (Lipinski definition) is 7. The molecule has 2 aliphatic rings. The molecule has 0 radical (unpaired) electrons. The molecule has 12 heteroatoms. The molecule has 2 aromatic heterocycles. The summed E-state index contributed by atoms with van der Waals surface area (Å²) in [7, 11) is 0. The van der Waals surface area contributed by atoms with Crippen LogP contribution in [0.3, 0.4) is 0 Å². The second kappa shape index (κ2) is 8.01. The number of aromatic nitrogens is 5. The molecule has 4 heterocycles. The van der Waals surface area contributed by atoms with Crippen LogP contribution in [0.1, 0.15) is 35.6 Å². The van der Waals surface area contributed by atoms with Gasteiger partial charge < -0.3 is 9.80 Å². The lowest BCUT2D eigenvalue weighted by Gasteiger charge is -2.24. The second-order valence-corrected chi connectivity index (χ2v) is 9.83. The molecule has 1 aromatic carbocycles. The normalized spacial score (nSPS) is 23.6. The number of nitriles is 1. The molecule has 0 aliphatic carbocycles. The molecule has 2 aliphatic heterocycles. The average Bonchev–Trinajstić information content (AvgIpc) is 3.50. The standard InChI is InChI=1S/C24H23F3N8O/c1-15-9-18(22(2,3)10-28)32-21(31-15)34-13-23(26)11-33(12-24(23,27)14-34)20(36)19-16(25)5-4-6-17(19)35-29-7-8-30-35/h4-9H,11-14H2,1-3H3/t23-,24+. The van der Waals surface area contributed by atoms with E-state index < -0.39 is 54.7 Å². The largest absolute Gasteiger partial charge is 0.334 e. The molecule has 186 valence electrons. The third-order valence-corrected chi connectivity index (χ3v) is 6.74. The highest BCUT2D eigenvalue weighted by atomic mass is 19.2. The third-order valence-electron chi connectivity index (χ3n) is 6.74. The molecule has 1 amide bonds. The van der Waals surface area contributed by atoms with Crippen molar-refractivity contribution >= 4 is 11.9 Å². The van der Waals surface area contributed by atoms with Crippen LogP contribution in [0, 0.1) is 24.1 Å². The fourth-order valence-electron chi connectivity index (χ4n) is 4.73. The van der Waals surface area contributed by atoms with Gasteiger partial charge in [-0.15, -0.1) is 0 Å². The minimum Gasteiger partial charge on any atom is -0.334 e. The number of amides is 1. The predicted molar refractivity (Wildman–Crippen MR) is 123 cm³/mol. The van der Waals surface area contributed by atoms with Gasteiger partial charge in [0.05, 0.1) is 55.8 Å². The van der Waals surface area contributed by atoms with Gasteiger partial charge in [-0.25, -0.2) is 23.1 Å². The smallest absolute Gasteiger partial charge is 0.259 e. The van der Waals surface area contributed by atoms with Crippen LogP contribution in [-0.2, 0) is 5.41 Å². The van der Waals surface area contributed by atoms with E-state index in [1.807, 2.05) is 0 Å². The van der Waals surface area contributed by atoms with Crippen LogP contribution >= 0.6 is 0 Å². The topological polar surface area (TPSA) is 104 Å². The van der Waals surface area contributed by atoms with Crippen LogP contribution in [-0.4, -0.2) is 73.3 Å². The zero-order chi connectivity index (χ0) is 25.9. The summed E-state index contributed by atoms with van der Waals surface area (Å²) < 4.78 is 46.9. The minimum atomic E-state index is -2.42. The lowest BCUT2D eigenvalue weighted by molar-refractivity contribution is 0.0491. The predicted octanol–water partition coefficient (Wildman–Crippen LogP) is 2.70. The summed E-state index contributed by atoms with van der Waals surface area (Å²) in [5.74, 6) is -1.56. The highest BCUT2D eigenvalue weighted by Crippen LogP contribution is 2.46. The molecular weight excluding hydrogens is 473 g/mol. The summed E-state index contributed by atoms with van der Waals surface area (Å²) >= 11 is 0. The van der Waals surface area contributed by atoms with E-state index in [0.29, 0.717) is 11.4 Å². The Balaban J connectivity index is 1.42. The van der Waals surface area contributed by atoms with E-state index in [9.17, 15) is 14.4 Å². The number of anilines is 1. The van der Waals surface area contributed by atoms with Gasteiger partial charge in [0.1, 0.15) is 17.1 Å². The molecule has 0 unspecified atom stereocenters. The van der Waals surface area contributed by atoms with Gasteiger partial charge in [-0.05, 0) is 39.0 Å². The van der Waals surface area contributed by atoms with Crippen molar-refractivity contribution in [2.24, 2.45) is 0 Å². The summed E-state index contributed by atoms with van der Waals surface area (Å²) in [6, 6.07) is 7.80. The lowest BCUT2D eigenvalue weighted by Crippen LogP contribution is -2.44. The van der Waals surface area contributed by atoms with E-state index in [0.717, 1.165) is 15.8 Å². The number of aryl methyl sites for hydroxylation is 1. The van der Waals surface area contributed by atoms with E-state index in [1.165, 1.54) is 29.4 Å². The van der Waals surface area contributed by atoms with Crippen LogP contribution in [0.15, 0.2) is 36.7 Å². The molecule has 5 rings (SSSR count). The summed E-state index contributed by atoms with van der Waals surface area (Å²) in [6.07, 6.45) is 2.75. The SMILES string of the molecule is Cc1cc(C(C)(C)C#N)nc(N2C[C@]3(F)CN(C(=O)c4c(F)cccc4-n4nccn4)C[C@]3(F)C2)n1. The number of fused-ring (bicyclic) bond motifs is 1. The summed E-state index contributed by atoms with van der Waals surface area (Å²) in [5.41, 5.74) is -5.03. The van der Waals surface area contributed by atoms with Crippen molar-refractivity contribution in [3.8, 4) is 11.8 Å². The zero-order valence-electron chi connectivity index (χ0n) is 19.9. The Labute approximate surface area is 205 Å². The molecular formula is C24H23F3N8O. The highest BCUT2D eigenvalue weighted by molar-refractivity contribution is 5.98. The molecule has 9 nitrogen and oxygen atoms in total. The van der Waals surface area contributed by atoms with Crippen molar-refractivity contribution < 1.29 is 18.0 Å². The number of hydrogen-bond donors (Lipinski definition) is 0. The number of rotatable bonds is 4. The van der Waals surface area contributed by atoms with Crippen LogP contribution in [0.2, 0.25) is 0 Å². The molecule has 0 spiro atoms. The van der Waals surface area contributed by atoms with Crippen LogP contribution in [0.25, 0.3) is 5.69 Å². The fourth-order valence-corrected chi connectivity index (χ4v) is 4.73. The van der Waals surface area contributed by atoms with E-state index in [-0.39, 0.29) is 17.2 Å². The van der Waals surface area contributed by atoms with E-state index >= 15 is 8.78 Å². The Bertz CT molecular complexity index is 1370. The number of carbonyl (C=O) groups is 1. The molecule has 36 heavy (non-hydrogen) atoms. The minimum absolute atomic E-state index is 0.0744. The van der Waals surface area contributed by atoms with Gasteiger partial charge in [0, 0.05) is 5.69 Å². The van der Waals surface area contributed by atoms with Crippen LogP contribution in [0.4, 0.5) is 19.1 Å². The first-order valence-electron chi connectivity index (χ1n) is 11.3. The summed E-state index contributed by atoms with van der Waals surface area (Å²) in [4.78, 5) is 25.5. The third kappa shape index (κ3) is 3.66. The van der Waals surface area contributed by atoms with Crippen molar-refractivity contribution in [1.82, 2.24) is 29.9 Å². The van der Waals surface area contributed by atoms with Gasteiger partial charge in [0.2, 0.25) is 5.95 Å². The van der Waals surface area contributed by atoms with E-state index in [2.05, 4.69) is 26.2 Å². The van der Waals surface area contributed by atoms with E-state index in [4.69, 9.17) is 0 Å². The number of carbonyl (C=O) groups excluding carboxylic acids is 1. The first-order valence-corrected chi connectivity index (χ1v) is 11.3. The summed E-state index contributed by atoms with van der Waals surface area (Å²) in [6.45, 7) is 3.19. The molecule has 3 aromatic rings. The van der Waals surface area contributed by atoms with Crippen LogP contribution in [0.5, 0.6) is 0 Å². The Hall–Kier alpha value is -4.01. The quantitative estimate of drug-likeness (QED) is 0.547. The maximum Gasteiger partial charge on any atom is 0.259 e. The lowest BCUT2D eigenvalue weighted by atomic mass is 9.91. The zero-order valence-corrected chi connectivity index (χ0v) is 19.9. The van der Waals surface area contributed by atoms with Gasteiger partial charge in [-0.2, -0.15) is 20.3 Å². The number of alkyl halides is 2. The number of benzene rings is 1. The first kappa shape index (κ1) is 23.7. The maximum absolute atomic E-state index is 16.1. The van der Waals surface area contributed by atoms with Gasteiger partial charge in [-0.3, -0.25) is 4.79 Å². The molecule has 2 atom stereocenters. The van der Waals surface area contributed by atoms with Gasteiger partial charge in [0.15, 0.2) is 11.3 Å². The molecule has 0 bridgehead atoms. The number of halogens is 3. The van der Waals surface area contributed by atoms with Crippen molar-refractivity contribution in [2.45, 2.75) is 37.5 Å². The van der Waals surface area contributed by atoms with Gasteiger partial charge in [-0.1, -0.05) is 6.07 Å². The molecule has 0 saturated carbocycles. The maximum atomic E-state index is 16.1. The fraction of sp³-hybridized carbons (Fsp3) is 0.417. The van der Waals surface area contributed by atoms with Crippen molar-refractivity contribution in [3.63, 3.8) is 0 Å². The Morgan fingerprint density at radius 2 is 1.72 bits per heavy atom. The second-order valence-electron chi connectivity index (χ2n) is 9.83. The summed E-state index contributed by atoms with van der Waals surface area (Å²) in [5, 5.41) is 17.3. The van der Waals surface area contributed by atoms with E-state index in [1.54, 1.807) is 26.8 Å². The average molecular weight is 496 g/mol. The Morgan fingerprint density at radius 3 is 2.33 bits per heavy atom. The highest BCUT2D eigenvalue weighted by Gasteiger charge is 2.67. The number of nitrogens with zero attached hydrogens (tertiary/aromatic N) is 8. The Morgan fingerprint density at radius 1 is 1.08 bits per heavy atom. The van der Waals surface area contributed by atoms with Crippen molar-refractivity contribution in [2.75, 3.05) is 31.1 Å². The Kier molecular flexibility index (Phi) is 5.28. The van der Waals surface area contributed by atoms with Crippen LogP contribution < -0.4 is 4.90 Å². The monoisotopic (exact) mass is 496 g/mol. The van der Waals surface area contributed by atoms with Gasteiger partial charge in [0.25, 0.3) is 5.91 Å². The molecule has 0 N–H and O–H groups in total. The number of likely N-dealkylation sites (tertiary alicyclic amines) is 1. The van der Waals surface area contributed by atoms with Crippen molar-refractivity contribution in [1.29, 1.82) is 5.26 Å².